The lowest BCUT2D eigenvalue weighted by Crippen LogP contribution is -2.19. The Labute approximate surface area is 110 Å². The van der Waals surface area contributed by atoms with E-state index in [9.17, 15) is 9.59 Å². The zero-order valence-electron chi connectivity index (χ0n) is 10.2. The summed E-state index contributed by atoms with van der Waals surface area (Å²) in [5.74, 6) is -1.37. The van der Waals surface area contributed by atoms with E-state index in [1.807, 2.05) is 30.3 Å². The van der Waals surface area contributed by atoms with Crippen molar-refractivity contribution < 1.29 is 9.59 Å². The zero-order valence-corrected chi connectivity index (χ0v) is 10.2. The van der Waals surface area contributed by atoms with Crippen molar-refractivity contribution in [3.05, 3.63) is 65.0 Å². The molecule has 0 saturated carbocycles. The van der Waals surface area contributed by atoms with Gasteiger partial charge in [-0.2, -0.15) is 0 Å². The van der Waals surface area contributed by atoms with Crippen LogP contribution in [-0.4, -0.2) is 16.8 Å². The molecular formula is C14H13N3O2. The molecule has 96 valence electrons. The second-order valence-electron chi connectivity index (χ2n) is 4.14. The summed E-state index contributed by atoms with van der Waals surface area (Å²) in [6, 6.07) is 12.8. The Kier molecular flexibility index (Phi) is 3.56. The third-order valence-corrected chi connectivity index (χ3v) is 2.64. The molecule has 2 rings (SSSR count). The van der Waals surface area contributed by atoms with Crippen LogP contribution in [0.2, 0.25) is 0 Å². The Morgan fingerprint density at radius 2 is 1.42 bits per heavy atom. The van der Waals surface area contributed by atoms with Gasteiger partial charge in [-0.3, -0.25) is 9.59 Å². The summed E-state index contributed by atoms with van der Waals surface area (Å²) in [5.41, 5.74) is 12.3. The third kappa shape index (κ3) is 3.16. The molecule has 0 fully saturated rings. The molecule has 0 atom stereocenters. The molecule has 5 heteroatoms. The number of rotatable bonds is 4. The van der Waals surface area contributed by atoms with Gasteiger partial charge in [0, 0.05) is 0 Å². The summed E-state index contributed by atoms with van der Waals surface area (Å²) < 4.78 is 0. The van der Waals surface area contributed by atoms with Crippen LogP contribution in [0.5, 0.6) is 0 Å². The number of hydrogen-bond acceptors (Lipinski definition) is 3. The van der Waals surface area contributed by atoms with Crippen LogP contribution in [0, 0.1) is 0 Å². The minimum absolute atomic E-state index is 0.0437. The van der Waals surface area contributed by atoms with Crippen LogP contribution in [0.25, 0.3) is 0 Å². The normalized spacial score (nSPS) is 10.1. The molecule has 0 aliphatic rings. The summed E-state index contributed by atoms with van der Waals surface area (Å²) in [6.07, 6.45) is 0.573. The predicted molar refractivity (Wildman–Crippen MR) is 70.5 cm³/mol. The van der Waals surface area contributed by atoms with Crippen molar-refractivity contribution in [2.45, 2.75) is 6.42 Å². The van der Waals surface area contributed by atoms with E-state index in [1.54, 1.807) is 12.1 Å². The second-order valence-corrected chi connectivity index (χ2v) is 4.14. The molecule has 0 aliphatic carbocycles. The van der Waals surface area contributed by atoms with Crippen molar-refractivity contribution >= 4 is 11.8 Å². The maximum absolute atomic E-state index is 11.2. The summed E-state index contributed by atoms with van der Waals surface area (Å²) in [4.78, 5) is 26.2. The number of hydrogen-bond donors (Lipinski definition) is 2. The molecule has 0 bridgehead atoms. The average Bonchev–Trinajstić information content (AvgIpc) is 2.39. The minimum atomic E-state index is -0.683. The van der Waals surface area contributed by atoms with Gasteiger partial charge in [0.15, 0.2) is 0 Å². The van der Waals surface area contributed by atoms with E-state index in [0.29, 0.717) is 6.42 Å². The molecule has 0 saturated heterocycles. The predicted octanol–water partition coefficient (Wildman–Crippen LogP) is 0.870. The summed E-state index contributed by atoms with van der Waals surface area (Å²) in [7, 11) is 0. The van der Waals surface area contributed by atoms with Gasteiger partial charge in [-0.25, -0.2) is 4.98 Å². The van der Waals surface area contributed by atoms with Crippen LogP contribution in [0.1, 0.15) is 32.1 Å². The number of aromatic nitrogens is 1. The molecule has 4 N–H and O–H groups in total. The molecule has 0 unspecified atom stereocenters. The first-order valence-electron chi connectivity index (χ1n) is 5.71. The van der Waals surface area contributed by atoms with E-state index in [0.717, 1.165) is 11.1 Å². The lowest BCUT2D eigenvalue weighted by Gasteiger charge is -2.05. The number of primary amides is 2. The van der Waals surface area contributed by atoms with E-state index in [1.165, 1.54) is 0 Å². The molecule has 19 heavy (non-hydrogen) atoms. The lowest BCUT2D eigenvalue weighted by atomic mass is 10.0. The molecule has 2 amide bonds. The fourth-order valence-corrected chi connectivity index (χ4v) is 1.77. The molecule has 5 nitrogen and oxygen atoms in total. The average molecular weight is 255 g/mol. The van der Waals surface area contributed by atoms with Crippen molar-refractivity contribution in [2.24, 2.45) is 11.5 Å². The topological polar surface area (TPSA) is 99.1 Å². The Bertz CT molecular complexity index is 592. The number of carbonyl (C=O) groups is 2. The smallest absolute Gasteiger partial charge is 0.267 e. The Balaban J connectivity index is 2.39. The summed E-state index contributed by atoms with van der Waals surface area (Å²) >= 11 is 0. The number of nitrogens with zero attached hydrogens (tertiary/aromatic N) is 1. The fraction of sp³-hybridized carbons (Fsp3) is 0.0714. The molecule has 1 aromatic heterocycles. The first-order chi connectivity index (χ1) is 9.06. The monoisotopic (exact) mass is 255 g/mol. The van der Waals surface area contributed by atoms with E-state index >= 15 is 0 Å². The highest BCUT2D eigenvalue weighted by Crippen LogP contribution is 2.12. The van der Waals surface area contributed by atoms with Gasteiger partial charge in [-0.1, -0.05) is 30.3 Å². The van der Waals surface area contributed by atoms with Gasteiger partial charge in [0.2, 0.25) is 0 Å². The first-order valence-corrected chi connectivity index (χ1v) is 5.71. The van der Waals surface area contributed by atoms with Gasteiger partial charge in [0.25, 0.3) is 11.8 Å². The van der Waals surface area contributed by atoms with Gasteiger partial charge >= 0.3 is 0 Å². The Morgan fingerprint density at radius 3 is 1.89 bits per heavy atom. The van der Waals surface area contributed by atoms with Crippen molar-refractivity contribution in [2.75, 3.05) is 0 Å². The van der Waals surface area contributed by atoms with Crippen molar-refractivity contribution in [1.29, 1.82) is 0 Å². The lowest BCUT2D eigenvalue weighted by molar-refractivity contribution is 0.0992. The molecule has 0 spiro atoms. The minimum Gasteiger partial charge on any atom is -0.364 e. The number of carbonyl (C=O) groups excluding carboxylic acids is 2. The largest absolute Gasteiger partial charge is 0.364 e. The van der Waals surface area contributed by atoms with Gasteiger partial charge < -0.3 is 11.5 Å². The SMILES string of the molecule is NC(=O)c1cc(Cc2ccccc2)cc(C(N)=O)n1. The highest BCUT2D eigenvalue weighted by molar-refractivity contribution is 5.95. The third-order valence-electron chi connectivity index (χ3n) is 2.64. The molecule has 1 heterocycles. The Morgan fingerprint density at radius 1 is 0.895 bits per heavy atom. The van der Waals surface area contributed by atoms with E-state index < -0.39 is 11.8 Å². The standard InChI is InChI=1S/C14H13N3O2/c15-13(18)11-7-10(8-12(17-11)14(16)19)6-9-4-2-1-3-5-9/h1-5,7-8H,6H2,(H2,15,18)(H2,16,19). The van der Waals surface area contributed by atoms with Crippen molar-refractivity contribution in [3.63, 3.8) is 0 Å². The fourth-order valence-electron chi connectivity index (χ4n) is 1.77. The molecular weight excluding hydrogens is 242 g/mol. The maximum Gasteiger partial charge on any atom is 0.267 e. The molecule has 1 aromatic carbocycles. The first kappa shape index (κ1) is 12.8. The van der Waals surface area contributed by atoms with Crippen LogP contribution in [0.3, 0.4) is 0 Å². The maximum atomic E-state index is 11.2. The van der Waals surface area contributed by atoms with Crippen LogP contribution >= 0.6 is 0 Å². The van der Waals surface area contributed by atoms with Crippen LogP contribution < -0.4 is 11.5 Å². The Hall–Kier alpha value is -2.69. The van der Waals surface area contributed by atoms with Crippen molar-refractivity contribution in [1.82, 2.24) is 4.98 Å². The van der Waals surface area contributed by atoms with E-state index in [2.05, 4.69) is 4.98 Å². The quantitative estimate of drug-likeness (QED) is 0.847. The van der Waals surface area contributed by atoms with Gasteiger partial charge in [-0.15, -0.1) is 0 Å². The molecule has 0 aliphatic heterocycles. The molecule has 0 radical (unpaired) electrons. The van der Waals surface area contributed by atoms with Gasteiger partial charge in [0.1, 0.15) is 11.4 Å². The van der Waals surface area contributed by atoms with E-state index in [4.69, 9.17) is 11.5 Å². The second kappa shape index (κ2) is 5.30. The number of amides is 2. The van der Waals surface area contributed by atoms with Crippen LogP contribution in [0.15, 0.2) is 42.5 Å². The van der Waals surface area contributed by atoms with Crippen LogP contribution in [-0.2, 0) is 6.42 Å². The van der Waals surface area contributed by atoms with E-state index in [-0.39, 0.29) is 11.4 Å². The number of nitrogens with two attached hydrogens (primary N) is 2. The van der Waals surface area contributed by atoms with Gasteiger partial charge in [-0.05, 0) is 29.7 Å². The number of benzene rings is 1. The summed E-state index contributed by atoms with van der Waals surface area (Å²) in [6.45, 7) is 0. The molecule has 2 aromatic rings. The highest BCUT2D eigenvalue weighted by Gasteiger charge is 2.11. The van der Waals surface area contributed by atoms with Gasteiger partial charge in [0.05, 0.1) is 0 Å². The zero-order chi connectivity index (χ0) is 13.8. The summed E-state index contributed by atoms with van der Waals surface area (Å²) in [5, 5.41) is 0. The highest BCUT2D eigenvalue weighted by atomic mass is 16.1. The van der Waals surface area contributed by atoms with Crippen molar-refractivity contribution in [3.8, 4) is 0 Å². The van der Waals surface area contributed by atoms with Crippen LogP contribution in [0.4, 0.5) is 0 Å². The number of pyridine rings is 1.